The van der Waals surface area contributed by atoms with E-state index in [2.05, 4.69) is 0 Å². The highest BCUT2D eigenvalue weighted by atomic mass is 31.2. The maximum atomic E-state index is 14.3. The molecule has 12 nitrogen and oxygen atoms in total. The maximum Gasteiger partial charge on any atom is 0.590 e. The molecule has 1 fully saturated rings. The average Bonchev–Trinajstić information content (AvgIpc) is 2.98. The van der Waals surface area contributed by atoms with Crippen LogP contribution in [0.15, 0.2) is 91.0 Å². The van der Waals surface area contributed by atoms with Gasteiger partial charge in [0.2, 0.25) is 6.29 Å². The fourth-order valence-corrected chi connectivity index (χ4v) is 5.62. The zero-order chi connectivity index (χ0) is 31.5. The van der Waals surface area contributed by atoms with Gasteiger partial charge in [-0.3, -0.25) is 14.4 Å². The highest BCUT2D eigenvalue weighted by molar-refractivity contribution is 7.49. The Morgan fingerprint density at radius 1 is 0.682 bits per heavy atom. The molecule has 0 radical (unpaired) electrons. The van der Waals surface area contributed by atoms with Gasteiger partial charge in [0.05, 0.1) is 6.61 Å². The summed E-state index contributed by atoms with van der Waals surface area (Å²) in [5.74, 6) is -1.79. The zero-order valence-corrected chi connectivity index (χ0v) is 25.2. The minimum Gasteiger partial charge on any atom is -0.463 e. The number of hydrogen-bond acceptors (Lipinski definition) is 12. The van der Waals surface area contributed by atoms with E-state index in [4.69, 9.17) is 37.3 Å². The van der Waals surface area contributed by atoms with Gasteiger partial charge in [-0.1, -0.05) is 66.7 Å². The molecule has 0 spiro atoms. The molecular weight excluding hydrogens is 595 g/mol. The number of phosphoric ester groups is 1. The fourth-order valence-electron chi connectivity index (χ4n) is 4.31. The Balaban J connectivity index is 1.75. The van der Waals surface area contributed by atoms with Gasteiger partial charge in [-0.25, -0.2) is 9.09 Å². The molecular formula is C31H33O12P. The Kier molecular flexibility index (Phi) is 11.5. The van der Waals surface area contributed by atoms with Crippen LogP contribution in [0.2, 0.25) is 0 Å². The van der Waals surface area contributed by atoms with Crippen molar-refractivity contribution in [1.29, 1.82) is 0 Å². The van der Waals surface area contributed by atoms with Gasteiger partial charge in [0.15, 0.2) is 18.3 Å². The number of phosphoric acid groups is 1. The van der Waals surface area contributed by atoms with Crippen LogP contribution in [0.25, 0.3) is 0 Å². The molecule has 0 aromatic heterocycles. The van der Waals surface area contributed by atoms with Crippen molar-refractivity contribution in [2.45, 2.75) is 58.1 Å². The van der Waals surface area contributed by atoms with Crippen LogP contribution < -0.4 is 9.05 Å². The van der Waals surface area contributed by atoms with Crippen LogP contribution in [-0.4, -0.2) is 55.2 Å². The van der Waals surface area contributed by atoms with Crippen molar-refractivity contribution >= 4 is 25.7 Å². The van der Waals surface area contributed by atoms with Crippen LogP contribution in [0, 0.1) is 0 Å². The summed E-state index contributed by atoms with van der Waals surface area (Å²) in [5, 5.41) is 0. The molecule has 234 valence electrons. The summed E-state index contributed by atoms with van der Waals surface area (Å²) < 4.78 is 60.4. The molecule has 0 saturated carbocycles. The van der Waals surface area contributed by atoms with E-state index in [1.807, 2.05) is 6.07 Å². The zero-order valence-electron chi connectivity index (χ0n) is 24.3. The normalized spacial score (nSPS) is 21.5. The Labute approximate surface area is 254 Å². The molecule has 4 rings (SSSR count). The predicted molar refractivity (Wildman–Crippen MR) is 154 cm³/mol. The topological polar surface area (TPSA) is 142 Å². The standard InChI is InChI=1S/C31H33O12P/c1-21(32)36-20-27-28(38-22(2)33)29(39-23(3)34)30(37-19-24-13-7-4-8-14-24)31(40-27)43-44(35,41-25-15-9-5-10-16-25)42-26-17-11-6-12-18-26/h4-18,27-31H,19-20H2,1-3H3/t27-,28-,29+,30+,31+/m1/s1. The lowest BCUT2D eigenvalue weighted by Crippen LogP contribution is -2.62. The first-order valence-corrected chi connectivity index (χ1v) is 15.1. The molecule has 3 aromatic rings. The highest BCUT2D eigenvalue weighted by Crippen LogP contribution is 2.52. The second kappa shape index (κ2) is 15.5. The molecule has 0 unspecified atom stereocenters. The molecule has 13 heteroatoms. The monoisotopic (exact) mass is 628 g/mol. The second-order valence-electron chi connectivity index (χ2n) is 9.62. The number of hydrogen-bond donors (Lipinski definition) is 0. The van der Waals surface area contributed by atoms with Crippen molar-refractivity contribution in [3.63, 3.8) is 0 Å². The Bertz CT molecular complexity index is 1370. The number of rotatable bonds is 13. The lowest BCUT2D eigenvalue weighted by atomic mass is 9.98. The summed E-state index contributed by atoms with van der Waals surface area (Å²) in [6.45, 7) is 3.04. The molecule has 0 amide bonds. The van der Waals surface area contributed by atoms with Gasteiger partial charge in [-0.05, 0) is 29.8 Å². The van der Waals surface area contributed by atoms with E-state index in [1.165, 1.54) is 6.92 Å². The number of para-hydroxylation sites is 2. The largest absolute Gasteiger partial charge is 0.590 e. The van der Waals surface area contributed by atoms with E-state index < -0.39 is 63.0 Å². The molecule has 1 saturated heterocycles. The van der Waals surface area contributed by atoms with Crippen molar-refractivity contribution in [2.24, 2.45) is 0 Å². The minimum atomic E-state index is -4.60. The Morgan fingerprint density at radius 2 is 1.18 bits per heavy atom. The molecule has 5 atom stereocenters. The third kappa shape index (κ3) is 9.65. The van der Waals surface area contributed by atoms with Crippen LogP contribution in [0.4, 0.5) is 0 Å². The Morgan fingerprint density at radius 3 is 1.68 bits per heavy atom. The van der Waals surface area contributed by atoms with Gasteiger partial charge in [0.1, 0.15) is 24.2 Å². The van der Waals surface area contributed by atoms with Crippen molar-refractivity contribution in [2.75, 3.05) is 6.61 Å². The SMILES string of the molecule is CC(=O)OC[C@H]1O[C@@H](OP(=O)(Oc2ccccc2)Oc2ccccc2)[C@@H](OCc2ccccc2)[C@@H](OC(C)=O)[C@@H]1OC(C)=O. The van der Waals surface area contributed by atoms with Crippen molar-refractivity contribution in [3.8, 4) is 11.5 Å². The number of esters is 3. The molecule has 44 heavy (non-hydrogen) atoms. The summed E-state index contributed by atoms with van der Waals surface area (Å²) in [6, 6.07) is 25.4. The maximum absolute atomic E-state index is 14.3. The third-order valence-electron chi connectivity index (χ3n) is 6.09. The van der Waals surface area contributed by atoms with E-state index in [1.54, 1.807) is 84.9 Å². The van der Waals surface area contributed by atoms with Gasteiger partial charge < -0.3 is 32.7 Å². The first kappa shape index (κ1) is 32.7. The molecule has 0 N–H and O–H groups in total. The molecule has 3 aromatic carbocycles. The van der Waals surface area contributed by atoms with Gasteiger partial charge in [-0.15, -0.1) is 0 Å². The molecule has 0 aliphatic carbocycles. The second-order valence-corrected chi connectivity index (χ2v) is 11.1. The molecule has 0 bridgehead atoms. The Hall–Kier alpha value is -4.22. The minimum absolute atomic E-state index is 0.0305. The average molecular weight is 629 g/mol. The first-order chi connectivity index (χ1) is 21.1. The van der Waals surface area contributed by atoms with E-state index in [0.717, 1.165) is 19.4 Å². The lowest BCUT2D eigenvalue weighted by Gasteiger charge is -2.44. The predicted octanol–water partition coefficient (Wildman–Crippen LogP) is 5.01. The van der Waals surface area contributed by atoms with Crippen LogP contribution >= 0.6 is 7.82 Å². The third-order valence-corrected chi connectivity index (χ3v) is 7.42. The fraction of sp³-hybridized carbons (Fsp3) is 0.323. The number of ether oxygens (including phenoxy) is 5. The number of carbonyl (C=O) groups is 3. The van der Waals surface area contributed by atoms with Gasteiger partial charge >= 0.3 is 25.7 Å². The summed E-state index contributed by atoms with van der Waals surface area (Å²) in [4.78, 5) is 36.2. The van der Waals surface area contributed by atoms with E-state index in [9.17, 15) is 18.9 Å². The quantitative estimate of drug-likeness (QED) is 0.143. The summed E-state index contributed by atoms with van der Waals surface area (Å²) in [7, 11) is -4.60. The summed E-state index contributed by atoms with van der Waals surface area (Å²) in [5.41, 5.74) is 0.739. The van der Waals surface area contributed by atoms with Crippen molar-refractivity contribution < 1.29 is 56.2 Å². The van der Waals surface area contributed by atoms with Crippen LogP contribution in [-0.2, 0) is 53.8 Å². The van der Waals surface area contributed by atoms with Crippen LogP contribution in [0.1, 0.15) is 26.3 Å². The smallest absolute Gasteiger partial charge is 0.463 e. The number of benzene rings is 3. The van der Waals surface area contributed by atoms with E-state index in [0.29, 0.717) is 0 Å². The van der Waals surface area contributed by atoms with Gasteiger partial charge in [0, 0.05) is 20.8 Å². The number of carbonyl (C=O) groups excluding carboxylic acids is 3. The lowest BCUT2D eigenvalue weighted by molar-refractivity contribution is -0.298. The van der Waals surface area contributed by atoms with Crippen LogP contribution in [0.5, 0.6) is 11.5 Å². The van der Waals surface area contributed by atoms with E-state index >= 15 is 0 Å². The van der Waals surface area contributed by atoms with Crippen LogP contribution in [0.3, 0.4) is 0 Å². The highest BCUT2D eigenvalue weighted by Gasteiger charge is 2.54. The van der Waals surface area contributed by atoms with E-state index in [-0.39, 0.29) is 18.1 Å². The molecule has 1 aliphatic rings. The summed E-state index contributed by atoms with van der Waals surface area (Å²) in [6.07, 6.45) is -6.87. The summed E-state index contributed by atoms with van der Waals surface area (Å²) >= 11 is 0. The van der Waals surface area contributed by atoms with Crippen molar-refractivity contribution in [1.82, 2.24) is 0 Å². The van der Waals surface area contributed by atoms with Gasteiger partial charge in [-0.2, -0.15) is 0 Å². The van der Waals surface area contributed by atoms with Crippen molar-refractivity contribution in [3.05, 3.63) is 96.6 Å². The molecule has 1 aliphatic heterocycles. The van der Waals surface area contributed by atoms with Gasteiger partial charge in [0.25, 0.3) is 0 Å². The molecule has 1 heterocycles. The first-order valence-electron chi connectivity index (χ1n) is 13.7.